The van der Waals surface area contributed by atoms with Crippen molar-refractivity contribution in [2.45, 2.75) is 0 Å². The van der Waals surface area contributed by atoms with Gasteiger partial charge in [0.05, 0.1) is 19.0 Å². The summed E-state index contributed by atoms with van der Waals surface area (Å²) in [6, 6.07) is 1.85. The van der Waals surface area contributed by atoms with Gasteiger partial charge in [-0.2, -0.15) is 0 Å². The minimum atomic E-state index is 0. The van der Waals surface area contributed by atoms with Gasteiger partial charge in [-0.05, 0) is 6.07 Å². The standard InChI is InChI=1S/C7H7N3O.Na.H/c1-11-7-6-5(2-3-8-7)9-4-10-6;;/h2-4H,1H3,(H,9,10);;/q;+1;-1. The molecule has 1 N–H and O–H groups in total. The second-order valence-electron chi connectivity index (χ2n) is 2.12. The molecule has 0 aromatic carbocycles. The fourth-order valence-electron chi connectivity index (χ4n) is 0.992. The molecule has 0 aliphatic heterocycles. The molecule has 0 aliphatic carbocycles. The largest absolute Gasteiger partial charge is 1.00 e. The molecule has 0 saturated heterocycles. The molecule has 0 fully saturated rings. The number of aromatic nitrogens is 3. The molecule has 0 atom stereocenters. The topological polar surface area (TPSA) is 50.8 Å². The van der Waals surface area contributed by atoms with Crippen molar-refractivity contribution < 1.29 is 35.7 Å². The summed E-state index contributed by atoms with van der Waals surface area (Å²) in [5.74, 6) is 0.559. The van der Waals surface area contributed by atoms with Crippen molar-refractivity contribution in [1.82, 2.24) is 15.0 Å². The Labute approximate surface area is 93.1 Å². The minimum Gasteiger partial charge on any atom is -1.00 e. The zero-order valence-corrected chi connectivity index (χ0v) is 9.03. The van der Waals surface area contributed by atoms with Crippen LogP contribution in [0, 0.1) is 0 Å². The maximum Gasteiger partial charge on any atom is 1.00 e. The van der Waals surface area contributed by atoms with Crippen LogP contribution in [0.3, 0.4) is 0 Å². The van der Waals surface area contributed by atoms with E-state index in [1.807, 2.05) is 6.07 Å². The van der Waals surface area contributed by atoms with Crippen molar-refractivity contribution in [3.05, 3.63) is 18.6 Å². The summed E-state index contributed by atoms with van der Waals surface area (Å²) >= 11 is 0. The second kappa shape index (κ2) is 3.89. The van der Waals surface area contributed by atoms with Gasteiger partial charge in [-0.25, -0.2) is 9.97 Å². The third-order valence-electron chi connectivity index (χ3n) is 1.50. The molecule has 0 aliphatic rings. The van der Waals surface area contributed by atoms with Gasteiger partial charge in [-0.15, -0.1) is 0 Å². The Bertz CT molecular complexity index is 379. The van der Waals surface area contributed by atoms with Gasteiger partial charge in [0.1, 0.15) is 0 Å². The van der Waals surface area contributed by atoms with Gasteiger partial charge in [0.15, 0.2) is 5.52 Å². The monoisotopic (exact) mass is 173 g/mol. The zero-order chi connectivity index (χ0) is 7.68. The van der Waals surface area contributed by atoms with Gasteiger partial charge in [0.25, 0.3) is 0 Å². The maximum atomic E-state index is 4.99. The summed E-state index contributed by atoms with van der Waals surface area (Å²) < 4.78 is 4.99. The van der Waals surface area contributed by atoms with Crippen LogP contribution in [-0.2, 0) is 0 Å². The van der Waals surface area contributed by atoms with Crippen LogP contribution < -0.4 is 34.3 Å². The number of nitrogens with zero attached hydrogens (tertiary/aromatic N) is 2. The van der Waals surface area contributed by atoms with Crippen LogP contribution in [0.25, 0.3) is 11.0 Å². The Morgan fingerprint density at radius 2 is 2.33 bits per heavy atom. The van der Waals surface area contributed by atoms with Crippen LogP contribution in [0.15, 0.2) is 18.6 Å². The summed E-state index contributed by atoms with van der Waals surface area (Å²) in [4.78, 5) is 11.0. The van der Waals surface area contributed by atoms with Crippen LogP contribution in [0.1, 0.15) is 1.43 Å². The summed E-state index contributed by atoms with van der Waals surface area (Å²) in [6.45, 7) is 0. The molecule has 4 nitrogen and oxygen atoms in total. The van der Waals surface area contributed by atoms with Gasteiger partial charge in [0, 0.05) is 6.20 Å². The molecule has 2 heterocycles. The number of nitrogens with one attached hydrogen (secondary N) is 1. The molecule has 2 aromatic heterocycles. The smallest absolute Gasteiger partial charge is 1.00 e. The normalized spacial score (nSPS) is 9.42. The Morgan fingerprint density at radius 3 is 3.08 bits per heavy atom. The molecule has 0 unspecified atom stereocenters. The Morgan fingerprint density at radius 1 is 1.50 bits per heavy atom. The predicted octanol–water partition coefficient (Wildman–Crippen LogP) is -1.92. The molecule has 2 rings (SSSR count). The van der Waals surface area contributed by atoms with E-state index in [1.54, 1.807) is 19.6 Å². The Hall–Kier alpha value is -0.580. The summed E-state index contributed by atoms with van der Waals surface area (Å²) in [6.07, 6.45) is 3.30. The third kappa shape index (κ3) is 1.46. The van der Waals surface area contributed by atoms with Crippen LogP contribution in [0.2, 0.25) is 0 Å². The fourth-order valence-corrected chi connectivity index (χ4v) is 0.992. The molecule has 2 aromatic rings. The van der Waals surface area contributed by atoms with Gasteiger partial charge in [0.2, 0.25) is 5.88 Å². The predicted molar refractivity (Wildman–Crippen MR) is 41.6 cm³/mol. The second-order valence-corrected chi connectivity index (χ2v) is 2.12. The van der Waals surface area contributed by atoms with Crippen LogP contribution in [0.4, 0.5) is 0 Å². The number of imidazole rings is 1. The number of H-pyrrole nitrogens is 1. The third-order valence-corrected chi connectivity index (χ3v) is 1.50. The molecular formula is C7H8N3NaO. The van der Waals surface area contributed by atoms with Crippen LogP contribution >= 0.6 is 0 Å². The molecule has 0 amide bonds. The van der Waals surface area contributed by atoms with Crippen molar-refractivity contribution in [1.29, 1.82) is 0 Å². The molecular weight excluding hydrogens is 165 g/mol. The molecule has 58 valence electrons. The number of fused-ring (bicyclic) bond motifs is 1. The number of ether oxygens (including phenoxy) is 1. The first-order valence-corrected chi connectivity index (χ1v) is 3.24. The summed E-state index contributed by atoms with van der Waals surface area (Å²) in [7, 11) is 1.58. The molecule has 12 heavy (non-hydrogen) atoms. The van der Waals surface area contributed by atoms with Crippen LogP contribution in [0.5, 0.6) is 5.88 Å². The number of methoxy groups -OCH3 is 1. The number of hydrogen-bond acceptors (Lipinski definition) is 3. The first-order valence-electron chi connectivity index (χ1n) is 3.24. The average molecular weight is 173 g/mol. The van der Waals surface area contributed by atoms with Gasteiger partial charge in [-0.3, -0.25) is 0 Å². The van der Waals surface area contributed by atoms with E-state index in [0.717, 1.165) is 11.0 Å². The van der Waals surface area contributed by atoms with E-state index < -0.39 is 0 Å². The van der Waals surface area contributed by atoms with E-state index in [0.29, 0.717) is 5.88 Å². The van der Waals surface area contributed by atoms with Crippen molar-refractivity contribution in [3.63, 3.8) is 0 Å². The molecule has 5 heteroatoms. The van der Waals surface area contributed by atoms with Crippen molar-refractivity contribution >= 4 is 11.0 Å². The number of hydrogen-bond donors (Lipinski definition) is 1. The van der Waals surface area contributed by atoms with Crippen molar-refractivity contribution in [2.24, 2.45) is 0 Å². The summed E-state index contributed by atoms with van der Waals surface area (Å²) in [5, 5.41) is 0. The first-order chi connectivity index (χ1) is 5.42. The maximum absolute atomic E-state index is 4.99. The SMILES string of the molecule is COc1nccc2[nH]cnc12.[H-].[Na+]. The number of pyridine rings is 1. The molecule has 0 radical (unpaired) electrons. The van der Waals surface area contributed by atoms with Crippen LogP contribution in [-0.4, -0.2) is 22.1 Å². The zero-order valence-electron chi connectivity index (χ0n) is 8.03. The summed E-state index contributed by atoms with van der Waals surface area (Å²) in [5.41, 5.74) is 1.71. The number of rotatable bonds is 1. The molecule has 0 bridgehead atoms. The van der Waals surface area contributed by atoms with Crippen molar-refractivity contribution in [2.75, 3.05) is 7.11 Å². The minimum absolute atomic E-state index is 0. The molecule has 0 spiro atoms. The van der Waals surface area contributed by atoms with Gasteiger partial charge in [-0.1, -0.05) is 0 Å². The van der Waals surface area contributed by atoms with Gasteiger partial charge < -0.3 is 11.1 Å². The van der Waals surface area contributed by atoms with E-state index in [9.17, 15) is 0 Å². The Balaban J connectivity index is 0.000000720. The van der Waals surface area contributed by atoms with E-state index >= 15 is 0 Å². The molecule has 0 saturated carbocycles. The Kier molecular flexibility index (Phi) is 3.08. The van der Waals surface area contributed by atoms with E-state index in [4.69, 9.17) is 4.74 Å². The number of aromatic amines is 1. The van der Waals surface area contributed by atoms with Gasteiger partial charge >= 0.3 is 29.6 Å². The van der Waals surface area contributed by atoms with E-state index in [-0.39, 0.29) is 31.0 Å². The average Bonchev–Trinajstić information content (AvgIpc) is 2.50. The van der Waals surface area contributed by atoms with E-state index in [2.05, 4.69) is 15.0 Å². The van der Waals surface area contributed by atoms with E-state index in [1.165, 1.54) is 0 Å². The quantitative estimate of drug-likeness (QED) is 0.512. The first kappa shape index (κ1) is 9.51. The fraction of sp³-hybridized carbons (Fsp3) is 0.143. The van der Waals surface area contributed by atoms with Crippen molar-refractivity contribution in [3.8, 4) is 5.88 Å².